The molecular weight excluding hydrogens is 416 g/mol. The standard InChI is InChI=1S/C19H15BrN2O5/c1-26-19(25)11-4-2-10(3-5-11)15-14-16(18(24)21-17(14)23)27-22(15)13-8-6-12(20)7-9-13/h2-9,14-16H,1H3,(H,21,23,24)/t14-,15+,16+/m0/s1. The number of anilines is 1. The summed E-state index contributed by atoms with van der Waals surface area (Å²) in [4.78, 5) is 42.0. The first-order valence-electron chi connectivity index (χ1n) is 8.24. The summed E-state index contributed by atoms with van der Waals surface area (Å²) in [5.74, 6) is -1.93. The number of carbonyl (C=O) groups excluding carboxylic acids is 3. The number of esters is 1. The number of carbonyl (C=O) groups is 3. The monoisotopic (exact) mass is 430 g/mol. The predicted molar refractivity (Wildman–Crippen MR) is 98.7 cm³/mol. The fourth-order valence-electron chi connectivity index (χ4n) is 3.42. The number of rotatable bonds is 3. The van der Waals surface area contributed by atoms with Crippen LogP contribution in [0.2, 0.25) is 0 Å². The number of amides is 2. The quantitative estimate of drug-likeness (QED) is 0.594. The van der Waals surface area contributed by atoms with Crippen LogP contribution < -0.4 is 10.4 Å². The Morgan fingerprint density at radius 2 is 1.74 bits per heavy atom. The molecule has 2 aromatic carbocycles. The van der Waals surface area contributed by atoms with Gasteiger partial charge >= 0.3 is 5.97 Å². The molecule has 138 valence electrons. The summed E-state index contributed by atoms with van der Waals surface area (Å²) in [6.07, 6.45) is -0.883. The number of hydroxylamine groups is 1. The second-order valence-electron chi connectivity index (χ2n) is 6.27. The lowest BCUT2D eigenvalue weighted by Gasteiger charge is -2.27. The molecule has 8 heteroatoms. The second-order valence-corrected chi connectivity index (χ2v) is 7.18. The lowest BCUT2D eigenvalue weighted by atomic mass is 9.90. The predicted octanol–water partition coefficient (Wildman–Crippen LogP) is 2.37. The van der Waals surface area contributed by atoms with E-state index in [0.29, 0.717) is 5.56 Å². The first-order valence-corrected chi connectivity index (χ1v) is 9.03. The van der Waals surface area contributed by atoms with Crippen LogP contribution in [-0.2, 0) is 19.2 Å². The van der Waals surface area contributed by atoms with Gasteiger partial charge in [-0.3, -0.25) is 19.7 Å². The van der Waals surface area contributed by atoms with Crippen molar-refractivity contribution in [2.24, 2.45) is 5.92 Å². The summed E-state index contributed by atoms with van der Waals surface area (Å²) in [5, 5.41) is 3.92. The number of hydrogen-bond donors (Lipinski definition) is 1. The number of imide groups is 1. The number of nitrogens with one attached hydrogen (secondary N) is 1. The van der Waals surface area contributed by atoms with E-state index in [2.05, 4.69) is 21.2 Å². The number of nitrogens with zero attached hydrogens (tertiary/aromatic N) is 1. The molecule has 2 aliphatic rings. The average Bonchev–Trinajstić information content (AvgIpc) is 3.20. The van der Waals surface area contributed by atoms with E-state index in [1.165, 1.54) is 7.11 Å². The zero-order chi connectivity index (χ0) is 19.1. The Morgan fingerprint density at radius 3 is 2.37 bits per heavy atom. The van der Waals surface area contributed by atoms with Crippen LogP contribution >= 0.6 is 15.9 Å². The Morgan fingerprint density at radius 1 is 1.07 bits per heavy atom. The molecule has 0 radical (unpaired) electrons. The van der Waals surface area contributed by atoms with Crippen molar-refractivity contribution in [1.29, 1.82) is 0 Å². The molecule has 0 bridgehead atoms. The van der Waals surface area contributed by atoms with E-state index in [1.54, 1.807) is 29.3 Å². The third kappa shape index (κ3) is 3.00. The molecule has 0 spiro atoms. The molecular formula is C19H15BrN2O5. The van der Waals surface area contributed by atoms with Crippen molar-refractivity contribution in [3.8, 4) is 0 Å². The Balaban J connectivity index is 1.75. The summed E-state index contributed by atoms with van der Waals surface area (Å²) in [7, 11) is 1.31. The van der Waals surface area contributed by atoms with Gasteiger partial charge in [0.25, 0.3) is 5.91 Å². The van der Waals surface area contributed by atoms with Gasteiger partial charge in [0.2, 0.25) is 5.91 Å². The van der Waals surface area contributed by atoms with Crippen molar-refractivity contribution in [3.63, 3.8) is 0 Å². The maximum absolute atomic E-state index is 12.4. The fraction of sp³-hybridized carbons (Fsp3) is 0.211. The van der Waals surface area contributed by atoms with E-state index in [0.717, 1.165) is 15.7 Å². The van der Waals surface area contributed by atoms with Crippen molar-refractivity contribution in [1.82, 2.24) is 5.32 Å². The molecule has 3 atom stereocenters. The SMILES string of the molecule is COC(=O)c1ccc([C@@H]2[C@@H]3C(=O)NC(=O)[C@@H]3ON2c2ccc(Br)cc2)cc1. The number of methoxy groups -OCH3 is 1. The molecule has 4 rings (SSSR count). The minimum absolute atomic E-state index is 0.369. The van der Waals surface area contributed by atoms with Crippen molar-refractivity contribution in [2.45, 2.75) is 12.1 Å². The van der Waals surface area contributed by atoms with Crippen molar-refractivity contribution >= 4 is 39.4 Å². The molecule has 2 saturated heterocycles. The lowest BCUT2D eigenvalue weighted by Crippen LogP contribution is -2.33. The molecule has 0 aliphatic carbocycles. The van der Waals surface area contributed by atoms with Crippen LogP contribution in [0.3, 0.4) is 0 Å². The van der Waals surface area contributed by atoms with Crippen LogP contribution in [0.1, 0.15) is 22.0 Å². The van der Waals surface area contributed by atoms with Gasteiger partial charge in [0.05, 0.1) is 24.4 Å². The highest BCUT2D eigenvalue weighted by Crippen LogP contribution is 2.44. The molecule has 0 aromatic heterocycles. The van der Waals surface area contributed by atoms with E-state index in [4.69, 9.17) is 9.57 Å². The maximum Gasteiger partial charge on any atom is 0.337 e. The van der Waals surface area contributed by atoms with Crippen LogP contribution in [0, 0.1) is 5.92 Å². The fourth-order valence-corrected chi connectivity index (χ4v) is 3.68. The van der Waals surface area contributed by atoms with Crippen LogP contribution in [0.15, 0.2) is 53.0 Å². The van der Waals surface area contributed by atoms with Gasteiger partial charge in [-0.1, -0.05) is 28.1 Å². The lowest BCUT2D eigenvalue weighted by molar-refractivity contribution is -0.129. The first kappa shape index (κ1) is 17.7. The molecule has 0 saturated carbocycles. The summed E-state index contributed by atoms with van der Waals surface area (Å²) in [6.45, 7) is 0. The number of halogens is 1. The summed E-state index contributed by atoms with van der Waals surface area (Å²) in [6, 6.07) is 13.6. The molecule has 7 nitrogen and oxygen atoms in total. The normalized spacial score (nSPS) is 23.9. The van der Waals surface area contributed by atoms with Gasteiger partial charge in [0.15, 0.2) is 6.10 Å². The zero-order valence-corrected chi connectivity index (χ0v) is 15.8. The zero-order valence-electron chi connectivity index (χ0n) is 14.2. The Bertz CT molecular complexity index is 913. The van der Waals surface area contributed by atoms with Crippen molar-refractivity contribution in [3.05, 3.63) is 64.1 Å². The number of fused-ring (bicyclic) bond motifs is 1. The van der Waals surface area contributed by atoms with Gasteiger partial charge in [-0.15, -0.1) is 0 Å². The molecule has 1 N–H and O–H groups in total. The summed E-state index contributed by atoms with van der Waals surface area (Å²) >= 11 is 3.39. The maximum atomic E-state index is 12.4. The highest BCUT2D eigenvalue weighted by atomic mass is 79.9. The minimum atomic E-state index is -0.883. The Hall–Kier alpha value is -2.71. The first-order chi connectivity index (χ1) is 13.0. The van der Waals surface area contributed by atoms with E-state index >= 15 is 0 Å². The average molecular weight is 431 g/mol. The van der Waals surface area contributed by atoms with E-state index in [9.17, 15) is 14.4 Å². The highest BCUT2D eigenvalue weighted by Gasteiger charge is 2.56. The molecule has 2 aliphatic heterocycles. The molecule has 2 aromatic rings. The topological polar surface area (TPSA) is 84.9 Å². The molecule has 2 fully saturated rings. The molecule has 2 amide bonds. The second kappa shape index (κ2) is 6.79. The minimum Gasteiger partial charge on any atom is -0.465 e. The van der Waals surface area contributed by atoms with Gasteiger partial charge < -0.3 is 4.74 Å². The van der Waals surface area contributed by atoms with Crippen LogP contribution in [0.5, 0.6) is 0 Å². The largest absolute Gasteiger partial charge is 0.465 e. The number of benzene rings is 2. The van der Waals surface area contributed by atoms with Gasteiger partial charge in [-0.05, 0) is 42.0 Å². The van der Waals surface area contributed by atoms with Crippen LogP contribution in [0.25, 0.3) is 0 Å². The van der Waals surface area contributed by atoms with E-state index < -0.39 is 29.9 Å². The third-order valence-corrected chi connectivity index (χ3v) is 5.24. The smallest absolute Gasteiger partial charge is 0.337 e. The van der Waals surface area contributed by atoms with Gasteiger partial charge in [-0.25, -0.2) is 9.86 Å². The van der Waals surface area contributed by atoms with Gasteiger partial charge in [0.1, 0.15) is 5.92 Å². The molecule has 0 unspecified atom stereocenters. The number of ether oxygens (including phenoxy) is 1. The Labute approximate surface area is 163 Å². The Kier molecular flexibility index (Phi) is 4.45. The third-order valence-electron chi connectivity index (χ3n) is 4.71. The summed E-state index contributed by atoms with van der Waals surface area (Å²) < 4.78 is 5.62. The molecule has 2 heterocycles. The van der Waals surface area contributed by atoms with Gasteiger partial charge in [0, 0.05) is 4.47 Å². The number of hydrogen-bond acceptors (Lipinski definition) is 6. The molecule has 27 heavy (non-hydrogen) atoms. The van der Waals surface area contributed by atoms with Crippen LogP contribution in [-0.4, -0.2) is 31.0 Å². The summed E-state index contributed by atoms with van der Waals surface area (Å²) in [5.41, 5.74) is 1.87. The van der Waals surface area contributed by atoms with Crippen molar-refractivity contribution < 1.29 is 24.0 Å². The van der Waals surface area contributed by atoms with E-state index in [-0.39, 0.29) is 5.91 Å². The van der Waals surface area contributed by atoms with Crippen molar-refractivity contribution in [2.75, 3.05) is 12.2 Å². The van der Waals surface area contributed by atoms with E-state index in [1.807, 2.05) is 24.3 Å². The van der Waals surface area contributed by atoms with Gasteiger partial charge in [-0.2, -0.15) is 0 Å². The highest BCUT2D eigenvalue weighted by molar-refractivity contribution is 9.10. The van der Waals surface area contributed by atoms with Crippen LogP contribution in [0.4, 0.5) is 5.69 Å².